The molecule has 3 rings (SSSR count). The van der Waals surface area contributed by atoms with Crippen molar-refractivity contribution in [1.82, 2.24) is 0 Å². The van der Waals surface area contributed by atoms with Crippen LogP contribution in [0, 0.1) is 0 Å². The second kappa shape index (κ2) is 7.73. The molecule has 3 aromatic rings. The van der Waals surface area contributed by atoms with Crippen LogP contribution in [0.5, 0.6) is 11.5 Å². The fourth-order valence-corrected chi connectivity index (χ4v) is 2.55. The normalized spacial score (nSPS) is 9.96. The number of phenolic OH excluding ortho intramolecular Hbond substituents is 2. The first-order chi connectivity index (χ1) is 11.6. The molecule has 128 valence electrons. The van der Waals surface area contributed by atoms with E-state index >= 15 is 0 Å². The Morgan fingerprint density at radius 2 is 1.40 bits per heavy atom. The largest absolute Gasteiger partial charge is 0.507 e. The summed E-state index contributed by atoms with van der Waals surface area (Å²) in [4.78, 5) is 14.4. The number of halogens is 1. The molecule has 0 fully saturated rings. The van der Waals surface area contributed by atoms with E-state index < -0.39 is 0 Å². The van der Waals surface area contributed by atoms with Crippen LogP contribution in [0.1, 0.15) is 15.9 Å². The molecule has 0 atom stereocenters. The predicted molar refractivity (Wildman–Crippen MR) is 101 cm³/mol. The van der Waals surface area contributed by atoms with E-state index in [0.29, 0.717) is 11.3 Å². The number of anilines is 2. The van der Waals surface area contributed by atoms with Gasteiger partial charge in [-0.15, -0.1) is 12.4 Å². The highest BCUT2D eigenvalue weighted by Gasteiger charge is 2.19. The van der Waals surface area contributed by atoms with Gasteiger partial charge in [0.1, 0.15) is 11.5 Å². The third-order valence-corrected chi connectivity index (χ3v) is 3.88. The maximum absolute atomic E-state index is 12.6. The number of para-hydroxylation sites is 1. The molecule has 0 aromatic heterocycles. The Balaban J connectivity index is 0.00000225. The molecular formula is C20H18ClNO3. The first-order valence-corrected chi connectivity index (χ1v) is 7.52. The summed E-state index contributed by atoms with van der Waals surface area (Å²) in [6, 6.07) is 20.9. The zero-order valence-electron chi connectivity index (χ0n) is 13.6. The van der Waals surface area contributed by atoms with E-state index in [2.05, 4.69) is 0 Å². The molecule has 0 saturated heterocycles. The van der Waals surface area contributed by atoms with Crippen LogP contribution in [0.4, 0.5) is 11.4 Å². The van der Waals surface area contributed by atoms with Gasteiger partial charge in [0.25, 0.3) is 0 Å². The van der Waals surface area contributed by atoms with Gasteiger partial charge in [0.05, 0.1) is 11.3 Å². The summed E-state index contributed by atoms with van der Waals surface area (Å²) in [5.41, 5.74) is 1.93. The van der Waals surface area contributed by atoms with Crippen LogP contribution in [-0.4, -0.2) is 23.0 Å². The number of ketones is 1. The van der Waals surface area contributed by atoms with Gasteiger partial charge in [0, 0.05) is 24.4 Å². The van der Waals surface area contributed by atoms with Crippen LogP contribution in [0.3, 0.4) is 0 Å². The predicted octanol–water partition coefficient (Wildman–Crippen LogP) is 4.52. The fourth-order valence-electron chi connectivity index (χ4n) is 2.55. The highest BCUT2D eigenvalue weighted by Crippen LogP contribution is 2.37. The molecule has 0 radical (unpaired) electrons. The van der Waals surface area contributed by atoms with Crippen molar-refractivity contribution in [2.75, 3.05) is 11.9 Å². The van der Waals surface area contributed by atoms with Crippen molar-refractivity contribution >= 4 is 29.6 Å². The number of nitrogens with zero attached hydrogens (tertiary/aromatic N) is 1. The van der Waals surface area contributed by atoms with E-state index in [9.17, 15) is 15.0 Å². The lowest BCUT2D eigenvalue weighted by atomic mass is 10.0. The Morgan fingerprint density at radius 3 is 2.00 bits per heavy atom. The summed E-state index contributed by atoms with van der Waals surface area (Å²) in [7, 11) is 1.79. The number of hydrogen-bond donors (Lipinski definition) is 2. The molecule has 25 heavy (non-hydrogen) atoms. The summed E-state index contributed by atoms with van der Waals surface area (Å²) >= 11 is 0. The minimum atomic E-state index is -0.296. The lowest BCUT2D eigenvalue weighted by molar-refractivity contribution is 0.103. The van der Waals surface area contributed by atoms with Crippen molar-refractivity contribution < 1.29 is 15.0 Å². The Morgan fingerprint density at radius 1 is 0.840 bits per heavy atom. The summed E-state index contributed by atoms with van der Waals surface area (Å²) < 4.78 is 0. The van der Waals surface area contributed by atoms with Crippen molar-refractivity contribution in [3.8, 4) is 11.5 Å². The fraction of sp³-hybridized carbons (Fsp3) is 0.0500. The van der Waals surface area contributed by atoms with Gasteiger partial charge in [0.2, 0.25) is 0 Å². The van der Waals surface area contributed by atoms with E-state index in [0.717, 1.165) is 5.69 Å². The first-order valence-electron chi connectivity index (χ1n) is 7.52. The molecule has 3 aromatic carbocycles. The molecule has 0 amide bonds. The Kier molecular flexibility index (Phi) is 5.67. The number of hydrogen-bond acceptors (Lipinski definition) is 4. The van der Waals surface area contributed by atoms with Crippen molar-refractivity contribution in [2.24, 2.45) is 0 Å². The standard InChI is InChI=1S/C20H17NO3.ClH/c1-21(15-10-6-3-7-11-15)17-12-16(18(22)13-19(17)23)20(24)14-8-4-2-5-9-14;/h2-13,22-23H,1H3;1H. The van der Waals surface area contributed by atoms with Gasteiger partial charge in [-0.05, 0) is 18.2 Å². The van der Waals surface area contributed by atoms with Crippen LogP contribution in [0.15, 0.2) is 72.8 Å². The van der Waals surface area contributed by atoms with Gasteiger partial charge >= 0.3 is 0 Å². The van der Waals surface area contributed by atoms with Gasteiger partial charge in [-0.3, -0.25) is 4.79 Å². The zero-order valence-corrected chi connectivity index (χ0v) is 14.4. The molecule has 2 N–H and O–H groups in total. The van der Waals surface area contributed by atoms with Crippen molar-refractivity contribution in [2.45, 2.75) is 0 Å². The van der Waals surface area contributed by atoms with Crippen molar-refractivity contribution in [3.05, 3.63) is 83.9 Å². The van der Waals surface area contributed by atoms with Crippen molar-refractivity contribution in [1.29, 1.82) is 0 Å². The highest BCUT2D eigenvalue weighted by molar-refractivity contribution is 6.11. The van der Waals surface area contributed by atoms with Crippen LogP contribution in [0.2, 0.25) is 0 Å². The number of carbonyl (C=O) groups excluding carboxylic acids is 1. The lowest BCUT2D eigenvalue weighted by Gasteiger charge is -2.21. The second-order valence-electron chi connectivity index (χ2n) is 5.45. The SMILES string of the molecule is CN(c1ccccc1)c1cc(C(=O)c2ccccc2)c(O)cc1O.Cl. The van der Waals surface area contributed by atoms with Crippen LogP contribution in [-0.2, 0) is 0 Å². The van der Waals surface area contributed by atoms with Crippen LogP contribution >= 0.6 is 12.4 Å². The summed E-state index contributed by atoms with van der Waals surface area (Å²) in [6.07, 6.45) is 0. The van der Waals surface area contributed by atoms with E-state index in [1.54, 1.807) is 36.2 Å². The monoisotopic (exact) mass is 355 g/mol. The lowest BCUT2D eigenvalue weighted by Crippen LogP contribution is -2.11. The van der Waals surface area contributed by atoms with E-state index in [1.807, 2.05) is 36.4 Å². The van der Waals surface area contributed by atoms with E-state index in [-0.39, 0.29) is 35.3 Å². The number of aromatic hydroxyl groups is 2. The van der Waals surface area contributed by atoms with Crippen LogP contribution in [0.25, 0.3) is 0 Å². The average Bonchev–Trinajstić information content (AvgIpc) is 2.62. The number of carbonyl (C=O) groups is 1. The number of phenols is 2. The Hall–Kier alpha value is -2.98. The van der Waals surface area contributed by atoms with Gasteiger partial charge in [-0.25, -0.2) is 0 Å². The molecule has 4 nitrogen and oxygen atoms in total. The minimum absolute atomic E-state index is 0. The molecule has 5 heteroatoms. The summed E-state index contributed by atoms with van der Waals surface area (Å²) in [5, 5.41) is 20.3. The average molecular weight is 356 g/mol. The third-order valence-electron chi connectivity index (χ3n) is 3.88. The number of rotatable bonds is 4. The molecule has 0 heterocycles. The van der Waals surface area contributed by atoms with Gasteiger partial charge in [0.15, 0.2) is 5.78 Å². The molecule has 0 unspecified atom stereocenters. The maximum atomic E-state index is 12.6. The molecule has 0 aliphatic carbocycles. The molecular weight excluding hydrogens is 338 g/mol. The molecule has 0 bridgehead atoms. The minimum Gasteiger partial charge on any atom is -0.507 e. The second-order valence-corrected chi connectivity index (χ2v) is 5.45. The molecule has 0 spiro atoms. The molecule has 0 aliphatic heterocycles. The third kappa shape index (κ3) is 3.75. The zero-order chi connectivity index (χ0) is 17.1. The maximum Gasteiger partial charge on any atom is 0.196 e. The van der Waals surface area contributed by atoms with Crippen molar-refractivity contribution in [3.63, 3.8) is 0 Å². The summed E-state index contributed by atoms with van der Waals surface area (Å²) in [5.74, 6) is -0.633. The smallest absolute Gasteiger partial charge is 0.196 e. The Bertz CT molecular complexity index is 867. The van der Waals surface area contributed by atoms with Gasteiger partial charge < -0.3 is 15.1 Å². The van der Waals surface area contributed by atoms with E-state index in [1.165, 1.54) is 12.1 Å². The molecule has 0 aliphatic rings. The Labute approximate surface area is 152 Å². The van der Waals surface area contributed by atoms with E-state index in [4.69, 9.17) is 0 Å². The first kappa shape index (κ1) is 18.4. The highest BCUT2D eigenvalue weighted by atomic mass is 35.5. The number of benzene rings is 3. The van der Waals surface area contributed by atoms with Gasteiger partial charge in [-0.1, -0.05) is 48.5 Å². The molecule has 0 saturated carbocycles. The van der Waals surface area contributed by atoms with Crippen LogP contribution < -0.4 is 4.90 Å². The summed E-state index contributed by atoms with van der Waals surface area (Å²) in [6.45, 7) is 0. The van der Waals surface area contributed by atoms with Gasteiger partial charge in [-0.2, -0.15) is 0 Å². The topological polar surface area (TPSA) is 60.8 Å². The quantitative estimate of drug-likeness (QED) is 0.675.